The molecule has 3 aliphatic rings. The van der Waals surface area contributed by atoms with Crippen molar-refractivity contribution in [3.8, 4) is 5.88 Å². The lowest BCUT2D eigenvalue weighted by molar-refractivity contribution is -0.141. The van der Waals surface area contributed by atoms with E-state index in [-0.39, 0.29) is 42.8 Å². The number of ketones is 1. The number of amides is 2. The monoisotopic (exact) mass is 662 g/mol. The maximum Gasteiger partial charge on any atom is 0.408 e. The van der Waals surface area contributed by atoms with Gasteiger partial charge in [-0.3, -0.25) is 9.59 Å². The topological polar surface area (TPSA) is 129 Å². The Hall–Kier alpha value is -3.61. The molecule has 0 spiro atoms. The number of methoxy groups -OCH3 is 1. The lowest BCUT2D eigenvalue weighted by Crippen LogP contribution is -2.57. The molecule has 1 saturated heterocycles. The molecule has 0 unspecified atom stereocenters. The Morgan fingerprint density at radius 2 is 1.91 bits per heavy atom. The zero-order chi connectivity index (χ0) is 34.7. The van der Waals surface area contributed by atoms with Crippen LogP contribution in [0.2, 0.25) is 0 Å². The molecule has 1 saturated carbocycles. The fraction of sp³-hybridized carbons (Fsp3) is 0.676. The highest BCUT2D eigenvalue weighted by Crippen LogP contribution is 2.40. The summed E-state index contributed by atoms with van der Waals surface area (Å²) in [7, 11) is 1.44. The van der Waals surface area contributed by atoms with E-state index < -0.39 is 71.5 Å². The summed E-state index contributed by atoms with van der Waals surface area (Å²) in [5.41, 5.74) is -0.965. The van der Waals surface area contributed by atoms with Crippen LogP contribution in [0.15, 0.2) is 18.4 Å². The molecular formula is C34H48F2N4O7. The van der Waals surface area contributed by atoms with Crippen LogP contribution in [-0.2, 0) is 29.7 Å². The molecule has 6 atom stereocenters. The van der Waals surface area contributed by atoms with E-state index in [1.54, 1.807) is 27.7 Å². The highest BCUT2D eigenvalue weighted by molar-refractivity contribution is 5.92. The molecule has 4 rings (SSSR count). The highest BCUT2D eigenvalue weighted by atomic mass is 19.3. The number of halogens is 2. The van der Waals surface area contributed by atoms with Gasteiger partial charge in [-0.25, -0.2) is 14.8 Å². The summed E-state index contributed by atoms with van der Waals surface area (Å²) in [5.74, 6) is -5.09. The number of ether oxygens (including phenoxy) is 4. The minimum absolute atomic E-state index is 0.0968. The van der Waals surface area contributed by atoms with Crippen molar-refractivity contribution in [2.45, 2.75) is 104 Å². The SMILES string of the molecule is C=C/C(=C\c1nc2c(nc1C)C(F)(F)CCOC[C@@H]1CCC[C@H]1OC(=O)N[C@@H](C(C)(C)C)C(=O)N1C[C@H](O2)[C@@H](CC)[C@H]1C(C)=O)OC. The van der Waals surface area contributed by atoms with Gasteiger partial charge in [-0.15, -0.1) is 0 Å². The van der Waals surface area contributed by atoms with E-state index in [2.05, 4.69) is 21.9 Å². The first-order valence-corrected chi connectivity index (χ1v) is 16.3. The van der Waals surface area contributed by atoms with Gasteiger partial charge in [0, 0.05) is 24.3 Å². The van der Waals surface area contributed by atoms with Crippen molar-refractivity contribution in [3.63, 3.8) is 0 Å². The van der Waals surface area contributed by atoms with E-state index in [4.69, 9.17) is 18.9 Å². The molecule has 0 aromatic carbocycles. The number of carbonyl (C=O) groups excluding carboxylic acids is 3. The fourth-order valence-electron chi connectivity index (χ4n) is 6.69. The number of alkyl carbamates (subject to hydrolysis) is 1. The van der Waals surface area contributed by atoms with Crippen molar-refractivity contribution >= 4 is 23.9 Å². The van der Waals surface area contributed by atoms with Gasteiger partial charge < -0.3 is 29.2 Å². The first-order chi connectivity index (χ1) is 22.1. The van der Waals surface area contributed by atoms with Crippen LogP contribution in [-0.4, -0.2) is 83.8 Å². The van der Waals surface area contributed by atoms with Crippen molar-refractivity contribution < 1.29 is 42.1 Å². The number of aromatic nitrogens is 2. The third-order valence-electron chi connectivity index (χ3n) is 9.28. The van der Waals surface area contributed by atoms with E-state index in [0.29, 0.717) is 25.0 Å². The van der Waals surface area contributed by atoms with Crippen molar-refractivity contribution in [1.82, 2.24) is 20.2 Å². The number of fused-ring (bicyclic) bond motifs is 4. The van der Waals surface area contributed by atoms with Gasteiger partial charge in [-0.05, 0) is 51.0 Å². The number of allylic oxidation sites excluding steroid dienone is 1. The molecule has 47 heavy (non-hydrogen) atoms. The predicted molar refractivity (Wildman–Crippen MR) is 170 cm³/mol. The molecule has 2 aliphatic heterocycles. The van der Waals surface area contributed by atoms with Gasteiger partial charge >= 0.3 is 6.09 Å². The van der Waals surface area contributed by atoms with E-state index in [1.165, 1.54) is 31.1 Å². The van der Waals surface area contributed by atoms with Crippen LogP contribution in [0.25, 0.3) is 6.08 Å². The molecule has 11 nitrogen and oxygen atoms in total. The number of aryl methyl sites for hydroxylation is 1. The van der Waals surface area contributed by atoms with Crippen LogP contribution in [0.4, 0.5) is 13.6 Å². The Bertz CT molecular complexity index is 1380. The average molecular weight is 663 g/mol. The normalized spacial score (nSPS) is 29.0. The molecular weight excluding hydrogens is 614 g/mol. The van der Waals surface area contributed by atoms with Crippen molar-refractivity contribution in [2.24, 2.45) is 17.3 Å². The minimum atomic E-state index is -3.50. The first kappa shape index (κ1) is 36.2. The third-order valence-corrected chi connectivity index (χ3v) is 9.28. The molecule has 2 fully saturated rings. The second-order valence-electron chi connectivity index (χ2n) is 13.7. The van der Waals surface area contributed by atoms with Gasteiger partial charge in [-0.2, -0.15) is 8.78 Å². The standard InChI is InChI=1S/C34H48F2N4O7/c1-9-22(44-8)16-24-19(3)37-28-30(38-24)46-26-17-40(27(20(4)41)23(26)10-2)31(42)29(33(5,6)7)39-32(43)47-25-13-11-12-21(25)18-45-15-14-34(28,35)36/h9,16,21,23,25-27,29H,1,10-15,17-18H2,2-8H3,(H,39,43)/b22-16+/t21-,23+,25+,26-,27+,29+/m0/s1. The largest absolute Gasteiger partial charge is 0.497 e. The predicted octanol–water partition coefficient (Wildman–Crippen LogP) is 5.35. The van der Waals surface area contributed by atoms with Crippen molar-refractivity contribution in [2.75, 3.05) is 26.9 Å². The van der Waals surface area contributed by atoms with Gasteiger partial charge in [-0.1, -0.05) is 34.3 Å². The molecule has 2 amide bonds. The summed E-state index contributed by atoms with van der Waals surface area (Å²) in [4.78, 5) is 50.8. The number of carbonyl (C=O) groups is 3. The summed E-state index contributed by atoms with van der Waals surface area (Å²) in [5, 5.41) is 2.77. The second-order valence-corrected chi connectivity index (χ2v) is 13.7. The quantitative estimate of drug-likeness (QED) is 0.328. The van der Waals surface area contributed by atoms with Crippen LogP contribution in [0, 0.1) is 24.2 Å². The van der Waals surface area contributed by atoms with Gasteiger partial charge in [0.1, 0.15) is 24.0 Å². The number of alkyl halides is 2. The van der Waals surface area contributed by atoms with Crippen LogP contribution >= 0.6 is 0 Å². The number of hydrogen-bond donors (Lipinski definition) is 1. The Morgan fingerprint density at radius 3 is 2.53 bits per heavy atom. The Morgan fingerprint density at radius 1 is 1.19 bits per heavy atom. The summed E-state index contributed by atoms with van der Waals surface area (Å²) in [6, 6.07) is -1.97. The molecule has 2 bridgehead atoms. The average Bonchev–Trinajstić information content (AvgIpc) is 3.60. The zero-order valence-corrected chi connectivity index (χ0v) is 28.4. The Balaban J connectivity index is 1.84. The van der Waals surface area contributed by atoms with Crippen LogP contribution in [0.1, 0.15) is 83.8 Å². The second kappa shape index (κ2) is 14.7. The summed E-state index contributed by atoms with van der Waals surface area (Å²) >= 11 is 0. The number of rotatable bonds is 5. The lowest BCUT2D eigenvalue weighted by atomic mass is 9.85. The van der Waals surface area contributed by atoms with Gasteiger partial charge in [0.25, 0.3) is 5.92 Å². The van der Waals surface area contributed by atoms with Crippen LogP contribution < -0.4 is 10.1 Å². The molecule has 0 radical (unpaired) electrons. The smallest absolute Gasteiger partial charge is 0.408 e. The molecule has 1 N–H and O–H groups in total. The first-order valence-electron chi connectivity index (χ1n) is 16.3. The Kier molecular flexibility index (Phi) is 11.3. The van der Waals surface area contributed by atoms with Gasteiger partial charge in [0.05, 0.1) is 44.3 Å². The highest BCUT2D eigenvalue weighted by Gasteiger charge is 2.51. The van der Waals surface area contributed by atoms with Crippen molar-refractivity contribution in [1.29, 1.82) is 0 Å². The summed E-state index contributed by atoms with van der Waals surface area (Å²) in [6.07, 6.45) is 2.62. The van der Waals surface area contributed by atoms with Crippen LogP contribution in [0.5, 0.6) is 5.88 Å². The molecule has 1 aromatic heterocycles. The van der Waals surface area contributed by atoms with Gasteiger partial charge in [0.15, 0.2) is 11.5 Å². The summed E-state index contributed by atoms with van der Waals surface area (Å²) in [6.45, 7) is 13.7. The van der Waals surface area contributed by atoms with E-state index >= 15 is 8.78 Å². The number of Topliss-reactive ketones (excluding diaryl/α,β-unsaturated/α-hetero) is 1. The van der Waals surface area contributed by atoms with E-state index in [1.807, 2.05) is 6.92 Å². The molecule has 13 heteroatoms. The molecule has 1 aliphatic carbocycles. The maximum atomic E-state index is 16.0. The summed E-state index contributed by atoms with van der Waals surface area (Å²) < 4.78 is 55.1. The number of nitrogens with zero attached hydrogens (tertiary/aromatic N) is 3. The van der Waals surface area contributed by atoms with Gasteiger partial charge in [0.2, 0.25) is 11.8 Å². The lowest BCUT2D eigenvalue weighted by Gasteiger charge is -2.35. The van der Waals surface area contributed by atoms with E-state index in [0.717, 1.165) is 6.42 Å². The van der Waals surface area contributed by atoms with Crippen LogP contribution in [0.3, 0.4) is 0 Å². The molecule has 260 valence electrons. The molecule has 1 aromatic rings. The third kappa shape index (κ3) is 8.10. The molecule has 3 heterocycles. The van der Waals surface area contributed by atoms with Crippen molar-refractivity contribution in [3.05, 3.63) is 35.5 Å². The Labute approximate surface area is 275 Å². The fourth-order valence-corrected chi connectivity index (χ4v) is 6.69. The number of nitrogens with one attached hydrogen (secondary N) is 1. The number of hydrogen-bond acceptors (Lipinski definition) is 9. The maximum absolute atomic E-state index is 16.0. The minimum Gasteiger partial charge on any atom is -0.497 e. The zero-order valence-electron chi connectivity index (χ0n) is 28.4. The van der Waals surface area contributed by atoms with E-state index in [9.17, 15) is 14.4 Å².